The number of sulfonamides is 1. The van der Waals surface area contributed by atoms with E-state index in [0.29, 0.717) is 32.1 Å². The zero-order valence-corrected chi connectivity index (χ0v) is 10.4. The molecule has 5 nitrogen and oxygen atoms in total. The van der Waals surface area contributed by atoms with Gasteiger partial charge in [-0.15, -0.1) is 11.6 Å². The molecule has 0 spiro atoms. The van der Waals surface area contributed by atoms with E-state index < -0.39 is 10.0 Å². The Labute approximate surface area is 96.1 Å². The topological polar surface area (TPSA) is 64.6 Å². The third kappa shape index (κ3) is 10.4. The first-order chi connectivity index (χ1) is 7.12. The molecule has 92 valence electrons. The molecule has 0 heterocycles. The van der Waals surface area contributed by atoms with E-state index >= 15 is 0 Å². The molecule has 0 aliphatic carbocycles. The molecule has 0 saturated heterocycles. The number of methoxy groups -OCH3 is 1. The van der Waals surface area contributed by atoms with E-state index in [-0.39, 0.29) is 12.3 Å². The van der Waals surface area contributed by atoms with Crippen LogP contribution < -0.4 is 4.72 Å². The van der Waals surface area contributed by atoms with Crippen molar-refractivity contribution in [2.75, 3.05) is 45.1 Å². The lowest BCUT2D eigenvalue weighted by Gasteiger charge is -2.06. The van der Waals surface area contributed by atoms with Crippen LogP contribution in [0.25, 0.3) is 0 Å². The van der Waals surface area contributed by atoms with Gasteiger partial charge in [-0.25, -0.2) is 13.1 Å². The molecule has 0 amide bonds. The molecule has 0 aromatic carbocycles. The maximum atomic E-state index is 11.2. The summed E-state index contributed by atoms with van der Waals surface area (Å²) >= 11 is 5.40. The highest BCUT2D eigenvalue weighted by molar-refractivity contribution is 7.89. The lowest BCUT2D eigenvalue weighted by molar-refractivity contribution is 0.0736. The quantitative estimate of drug-likeness (QED) is 0.450. The largest absolute Gasteiger partial charge is 0.382 e. The summed E-state index contributed by atoms with van der Waals surface area (Å²) < 4.78 is 34.7. The summed E-state index contributed by atoms with van der Waals surface area (Å²) in [6.45, 7) is 1.62. The first kappa shape index (κ1) is 15.1. The average molecular weight is 260 g/mol. The summed E-state index contributed by atoms with van der Waals surface area (Å²) in [5, 5.41) is 0. The fraction of sp³-hybridized carbons (Fsp3) is 1.00. The second kappa shape index (κ2) is 9.35. The van der Waals surface area contributed by atoms with Crippen LogP contribution in [-0.4, -0.2) is 53.5 Å². The lowest BCUT2D eigenvalue weighted by Crippen LogP contribution is -2.30. The van der Waals surface area contributed by atoms with Crippen molar-refractivity contribution in [1.82, 2.24) is 4.72 Å². The maximum absolute atomic E-state index is 11.2. The molecule has 1 N–H and O–H groups in total. The van der Waals surface area contributed by atoms with Crippen LogP contribution in [0.4, 0.5) is 0 Å². The molecule has 0 aliphatic rings. The number of rotatable bonds is 10. The fourth-order valence-corrected chi connectivity index (χ4v) is 2.19. The monoisotopic (exact) mass is 259 g/mol. The van der Waals surface area contributed by atoms with Gasteiger partial charge in [0.05, 0.1) is 25.6 Å². The predicted octanol–water partition coefficient (Wildman–Crippen LogP) is 0.198. The number of halogens is 1. The van der Waals surface area contributed by atoms with E-state index in [1.54, 1.807) is 7.11 Å². The first-order valence-electron chi connectivity index (χ1n) is 4.72. The van der Waals surface area contributed by atoms with Crippen LogP contribution >= 0.6 is 11.6 Å². The fourth-order valence-electron chi connectivity index (χ4n) is 0.830. The Morgan fingerprint density at radius 2 is 2.00 bits per heavy atom. The maximum Gasteiger partial charge on any atom is 0.211 e. The third-order valence-corrected chi connectivity index (χ3v) is 3.28. The molecule has 0 aromatic rings. The van der Waals surface area contributed by atoms with Crippen LogP contribution in [-0.2, 0) is 19.5 Å². The molecular formula is C8H18ClNO4S. The van der Waals surface area contributed by atoms with Crippen molar-refractivity contribution < 1.29 is 17.9 Å². The smallest absolute Gasteiger partial charge is 0.211 e. The van der Waals surface area contributed by atoms with Crippen LogP contribution in [0.5, 0.6) is 0 Å². The zero-order valence-electron chi connectivity index (χ0n) is 8.87. The van der Waals surface area contributed by atoms with E-state index in [2.05, 4.69) is 4.72 Å². The minimum Gasteiger partial charge on any atom is -0.382 e. The van der Waals surface area contributed by atoms with Gasteiger partial charge in [0.2, 0.25) is 10.0 Å². The Bertz CT molecular complexity index is 233. The predicted molar refractivity (Wildman–Crippen MR) is 59.8 cm³/mol. The van der Waals surface area contributed by atoms with Crippen LogP contribution in [0.3, 0.4) is 0 Å². The van der Waals surface area contributed by atoms with Crippen molar-refractivity contribution in [3.05, 3.63) is 0 Å². The molecule has 0 aliphatic heterocycles. The van der Waals surface area contributed by atoms with Gasteiger partial charge < -0.3 is 9.47 Å². The summed E-state index contributed by atoms with van der Waals surface area (Å²) in [7, 11) is -1.60. The SMILES string of the molecule is COCCOCCNS(=O)(=O)CCCCl. The second-order valence-corrected chi connectivity index (χ2v) is 5.17. The molecular weight excluding hydrogens is 242 g/mol. The third-order valence-electron chi connectivity index (χ3n) is 1.55. The van der Waals surface area contributed by atoms with Gasteiger partial charge in [0, 0.05) is 19.5 Å². The molecule has 0 saturated carbocycles. The van der Waals surface area contributed by atoms with Crippen LogP contribution in [0, 0.1) is 0 Å². The molecule has 0 unspecified atom stereocenters. The molecule has 0 rings (SSSR count). The van der Waals surface area contributed by atoms with Gasteiger partial charge in [0.25, 0.3) is 0 Å². The minimum absolute atomic E-state index is 0.0641. The van der Waals surface area contributed by atoms with E-state index in [4.69, 9.17) is 21.1 Å². The lowest BCUT2D eigenvalue weighted by atomic mass is 10.6. The van der Waals surface area contributed by atoms with Crippen LogP contribution in [0.1, 0.15) is 6.42 Å². The molecule has 0 bridgehead atoms. The molecule has 7 heteroatoms. The molecule has 0 fully saturated rings. The van der Waals surface area contributed by atoms with E-state index in [1.807, 2.05) is 0 Å². The van der Waals surface area contributed by atoms with Gasteiger partial charge in [0.1, 0.15) is 0 Å². The van der Waals surface area contributed by atoms with Gasteiger partial charge >= 0.3 is 0 Å². The number of nitrogens with one attached hydrogen (secondary N) is 1. The number of ether oxygens (including phenoxy) is 2. The molecule has 0 radical (unpaired) electrons. The minimum atomic E-state index is -3.18. The van der Waals surface area contributed by atoms with Crippen molar-refractivity contribution in [2.45, 2.75) is 6.42 Å². The normalized spacial score (nSPS) is 11.9. The highest BCUT2D eigenvalue weighted by atomic mass is 35.5. The molecule has 15 heavy (non-hydrogen) atoms. The first-order valence-corrected chi connectivity index (χ1v) is 6.91. The van der Waals surface area contributed by atoms with Crippen molar-refractivity contribution in [1.29, 1.82) is 0 Å². The number of alkyl halides is 1. The van der Waals surface area contributed by atoms with Crippen molar-refractivity contribution >= 4 is 21.6 Å². The average Bonchev–Trinajstić information content (AvgIpc) is 2.20. The van der Waals surface area contributed by atoms with Gasteiger partial charge in [-0.3, -0.25) is 0 Å². The summed E-state index contributed by atoms with van der Waals surface area (Å²) in [6, 6.07) is 0. The number of hydrogen-bond acceptors (Lipinski definition) is 4. The van der Waals surface area contributed by atoms with Gasteiger partial charge in [-0.2, -0.15) is 0 Å². The van der Waals surface area contributed by atoms with E-state index in [9.17, 15) is 8.42 Å². The summed E-state index contributed by atoms with van der Waals surface area (Å²) in [5.41, 5.74) is 0. The van der Waals surface area contributed by atoms with Gasteiger partial charge in [0.15, 0.2) is 0 Å². The highest BCUT2D eigenvalue weighted by Crippen LogP contribution is 1.91. The van der Waals surface area contributed by atoms with Gasteiger partial charge in [-0.1, -0.05) is 0 Å². The Morgan fingerprint density at radius 3 is 2.60 bits per heavy atom. The summed E-state index contributed by atoms with van der Waals surface area (Å²) in [6.07, 6.45) is 0.460. The molecule has 0 aromatic heterocycles. The van der Waals surface area contributed by atoms with Crippen molar-refractivity contribution in [3.63, 3.8) is 0 Å². The Hall–Kier alpha value is 0.120. The van der Waals surface area contributed by atoms with E-state index in [0.717, 1.165) is 0 Å². The van der Waals surface area contributed by atoms with E-state index in [1.165, 1.54) is 0 Å². The Balaban J connectivity index is 3.41. The standard InChI is InChI=1S/C8H18ClNO4S/c1-13-6-7-14-5-4-10-15(11,12)8-2-3-9/h10H,2-8H2,1H3. The molecule has 0 atom stereocenters. The highest BCUT2D eigenvalue weighted by Gasteiger charge is 2.07. The van der Waals surface area contributed by atoms with Crippen LogP contribution in [0.15, 0.2) is 0 Å². The summed E-state index contributed by atoms with van der Waals surface area (Å²) in [4.78, 5) is 0. The Morgan fingerprint density at radius 1 is 1.27 bits per heavy atom. The number of hydrogen-bond donors (Lipinski definition) is 1. The van der Waals surface area contributed by atoms with Crippen molar-refractivity contribution in [2.24, 2.45) is 0 Å². The summed E-state index contributed by atoms with van der Waals surface area (Å²) in [5.74, 6) is 0.416. The Kier molecular flexibility index (Phi) is 9.43. The second-order valence-electron chi connectivity index (χ2n) is 2.86. The zero-order chi connectivity index (χ0) is 11.6. The van der Waals surface area contributed by atoms with Crippen LogP contribution in [0.2, 0.25) is 0 Å². The van der Waals surface area contributed by atoms with Gasteiger partial charge in [-0.05, 0) is 6.42 Å². The van der Waals surface area contributed by atoms with Crippen molar-refractivity contribution in [3.8, 4) is 0 Å².